The zero-order valence-electron chi connectivity index (χ0n) is 15.0. The summed E-state index contributed by atoms with van der Waals surface area (Å²) in [6.45, 7) is 4.49. The van der Waals surface area contributed by atoms with E-state index < -0.39 is 0 Å². The van der Waals surface area contributed by atoms with Crippen molar-refractivity contribution in [3.05, 3.63) is 75.5 Å². The minimum atomic E-state index is -0.155. The number of anilines is 1. The lowest BCUT2D eigenvalue weighted by molar-refractivity contribution is 0.103. The maximum Gasteiger partial charge on any atom is 0.265 e. The van der Waals surface area contributed by atoms with Crippen LogP contribution in [0, 0.1) is 13.8 Å². The summed E-state index contributed by atoms with van der Waals surface area (Å²) in [4.78, 5) is 13.1. The number of hydrogen-bond acceptors (Lipinski definition) is 4. The number of aryl methyl sites for hydroxylation is 2. The number of rotatable bonds is 6. The number of ether oxygens (including phenoxy) is 2. The first-order chi connectivity index (χ1) is 12.6. The lowest BCUT2D eigenvalue weighted by atomic mass is 10.1. The van der Waals surface area contributed by atoms with Crippen molar-refractivity contribution < 1.29 is 14.3 Å². The van der Waals surface area contributed by atoms with E-state index in [-0.39, 0.29) is 5.91 Å². The molecule has 134 valence electrons. The fourth-order valence-electron chi connectivity index (χ4n) is 2.68. The van der Waals surface area contributed by atoms with Crippen molar-refractivity contribution in [2.75, 3.05) is 12.4 Å². The van der Waals surface area contributed by atoms with E-state index in [2.05, 4.69) is 5.32 Å². The van der Waals surface area contributed by atoms with Crippen LogP contribution in [0.3, 0.4) is 0 Å². The van der Waals surface area contributed by atoms with Crippen molar-refractivity contribution in [1.82, 2.24) is 0 Å². The molecular weight excluding hydrogens is 346 g/mol. The van der Waals surface area contributed by atoms with Crippen molar-refractivity contribution in [2.45, 2.75) is 20.5 Å². The van der Waals surface area contributed by atoms with Gasteiger partial charge in [0.15, 0.2) is 0 Å². The van der Waals surface area contributed by atoms with Gasteiger partial charge < -0.3 is 14.8 Å². The van der Waals surface area contributed by atoms with Crippen LogP contribution in [0.2, 0.25) is 0 Å². The first-order valence-corrected chi connectivity index (χ1v) is 9.17. The van der Waals surface area contributed by atoms with Crippen LogP contribution in [-0.2, 0) is 6.61 Å². The summed E-state index contributed by atoms with van der Waals surface area (Å²) < 4.78 is 11.2. The van der Waals surface area contributed by atoms with Crippen molar-refractivity contribution >= 4 is 22.9 Å². The van der Waals surface area contributed by atoms with Crippen molar-refractivity contribution in [1.29, 1.82) is 0 Å². The first-order valence-electron chi connectivity index (χ1n) is 8.29. The van der Waals surface area contributed by atoms with Crippen LogP contribution in [0.5, 0.6) is 11.5 Å². The molecule has 3 aromatic rings. The highest BCUT2D eigenvalue weighted by molar-refractivity contribution is 7.12. The van der Waals surface area contributed by atoms with Crippen LogP contribution in [0.25, 0.3) is 0 Å². The molecule has 0 atom stereocenters. The van der Waals surface area contributed by atoms with Gasteiger partial charge in [-0.25, -0.2) is 0 Å². The van der Waals surface area contributed by atoms with Crippen LogP contribution < -0.4 is 14.8 Å². The van der Waals surface area contributed by atoms with E-state index in [1.807, 2.05) is 67.8 Å². The zero-order valence-corrected chi connectivity index (χ0v) is 15.9. The predicted octanol–water partition coefficient (Wildman–Crippen LogP) is 5.20. The first kappa shape index (κ1) is 18.0. The fraction of sp³-hybridized carbons (Fsp3) is 0.190. The molecule has 5 heteroatoms. The number of amides is 1. The van der Waals surface area contributed by atoms with Gasteiger partial charge in [0.2, 0.25) is 0 Å². The van der Waals surface area contributed by atoms with Gasteiger partial charge in [-0.1, -0.05) is 30.3 Å². The summed E-state index contributed by atoms with van der Waals surface area (Å²) in [7, 11) is 1.58. The summed E-state index contributed by atoms with van der Waals surface area (Å²) in [5, 5.41) is 4.84. The Hall–Kier alpha value is -2.79. The molecule has 0 fully saturated rings. The van der Waals surface area contributed by atoms with Gasteiger partial charge in [0, 0.05) is 5.56 Å². The highest BCUT2D eigenvalue weighted by Gasteiger charge is 2.12. The van der Waals surface area contributed by atoms with E-state index >= 15 is 0 Å². The van der Waals surface area contributed by atoms with Crippen molar-refractivity contribution in [3.63, 3.8) is 0 Å². The van der Waals surface area contributed by atoms with Crippen LogP contribution >= 0.6 is 11.3 Å². The number of carbonyl (C=O) groups is 1. The molecule has 26 heavy (non-hydrogen) atoms. The third-order valence-electron chi connectivity index (χ3n) is 4.02. The quantitative estimate of drug-likeness (QED) is 0.651. The highest BCUT2D eigenvalue weighted by Crippen LogP contribution is 2.26. The summed E-state index contributed by atoms with van der Waals surface area (Å²) in [6.07, 6.45) is 0. The van der Waals surface area contributed by atoms with Gasteiger partial charge in [0.05, 0.1) is 17.7 Å². The summed E-state index contributed by atoms with van der Waals surface area (Å²) in [5.74, 6) is 1.38. The maximum atomic E-state index is 12.5. The third-order valence-corrected chi connectivity index (χ3v) is 5.00. The molecule has 0 bridgehead atoms. The van der Waals surface area contributed by atoms with Gasteiger partial charge in [-0.05, 0) is 48.6 Å². The van der Waals surface area contributed by atoms with Gasteiger partial charge in [-0.2, -0.15) is 0 Å². The molecule has 1 heterocycles. The minimum Gasteiger partial charge on any atom is -0.495 e. The topological polar surface area (TPSA) is 47.6 Å². The van der Waals surface area contributed by atoms with Crippen LogP contribution in [-0.4, -0.2) is 13.0 Å². The Bertz CT molecular complexity index is 897. The molecule has 1 aromatic heterocycles. The molecule has 3 rings (SSSR count). The zero-order chi connectivity index (χ0) is 18.5. The minimum absolute atomic E-state index is 0.155. The molecule has 1 amide bonds. The molecule has 0 radical (unpaired) electrons. The van der Waals surface area contributed by atoms with E-state index in [1.165, 1.54) is 11.3 Å². The van der Waals surface area contributed by atoms with Gasteiger partial charge in [0.1, 0.15) is 18.1 Å². The number of para-hydroxylation sites is 3. The third kappa shape index (κ3) is 4.06. The summed E-state index contributed by atoms with van der Waals surface area (Å²) >= 11 is 1.40. The average Bonchev–Trinajstić information content (AvgIpc) is 3.11. The van der Waals surface area contributed by atoms with E-state index in [0.29, 0.717) is 22.9 Å². The van der Waals surface area contributed by atoms with Crippen LogP contribution in [0.4, 0.5) is 5.69 Å². The molecular formula is C21H21NO3S. The SMILES string of the molecule is COc1ccccc1NC(=O)c1cc(COc2c(C)cccc2C)cs1. The largest absolute Gasteiger partial charge is 0.495 e. The Kier molecular flexibility index (Phi) is 5.58. The molecule has 0 aliphatic rings. The molecule has 0 aliphatic heterocycles. The van der Waals surface area contributed by atoms with Gasteiger partial charge in [0.25, 0.3) is 5.91 Å². The highest BCUT2D eigenvalue weighted by atomic mass is 32.1. The summed E-state index contributed by atoms with van der Waals surface area (Å²) in [5.41, 5.74) is 3.84. The molecule has 4 nitrogen and oxygen atoms in total. The Balaban J connectivity index is 1.67. The van der Waals surface area contributed by atoms with E-state index in [1.54, 1.807) is 7.11 Å². The molecule has 0 spiro atoms. The molecule has 0 saturated heterocycles. The van der Waals surface area contributed by atoms with E-state index in [0.717, 1.165) is 22.4 Å². The Labute approximate surface area is 157 Å². The molecule has 0 aliphatic carbocycles. The smallest absolute Gasteiger partial charge is 0.265 e. The molecule has 0 saturated carbocycles. The van der Waals surface area contributed by atoms with Gasteiger partial charge in [-0.15, -0.1) is 11.3 Å². The van der Waals surface area contributed by atoms with E-state index in [4.69, 9.17) is 9.47 Å². The van der Waals surface area contributed by atoms with Crippen LogP contribution in [0.15, 0.2) is 53.9 Å². The Morgan fingerprint density at radius 2 is 1.81 bits per heavy atom. The number of carbonyl (C=O) groups excluding carboxylic acids is 1. The van der Waals surface area contributed by atoms with Crippen molar-refractivity contribution in [3.8, 4) is 11.5 Å². The average molecular weight is 367 g/mol. The number of methoxy groups -OCH3 is 1. The second-order valence-electron chi connectivity index (χ2n) is 5.98. The standard InChI is InChI=1S/C21H21NO3S/c1-14-7-6-8-15(2)20(14)25-12-16-11-19(26-13-16)21(23)22-17-9-4-5-10-18(17)24-3/h4-11,13H,12H2,1-3H3,(H,22,23). The fourth-order valence-corrected chi connectivity index (χ4v) is 3.48. The Morgan fingerprint density at radius 1 is 1.08 bits per heavy atom. The second-order valence-corrected chi connectivity index (χ2v) is 6.89. The Morgan fingerprint density at radius 3 is 2.54 bits per heavy atom. The molecule has 0 unspecified atom stereocenters. The summed E-state index contributed by atoms with van der Waals surface area (Å²) in [6, 6.07) is 15.3. The molecule has 1 N–H and O–H groups in total. The van der Waals surface area contributed by atoms with Crippen LogP contribution in [0.1, 0.15) is 26.4 Å². The monoisotopic (exact) mass is 367 g/mol. The second kappa shape index (κ2) is 8.06. The predicted molar refractivity (Wildman–Crippen MR) is 106 cm³/mol. The molecule has 2 aromatic carbocycles. The van der Waals surface area contributed by atoms with Gasteiger partial charge >= 0.3 is 0 Å². The number of nitrogens with one attached hydrogen (secondary N) is 1. The number of thiophene rings is 1. The normalized spacial score (nSPS) is 10.4. The van der Waals surface area contributed by atoms with Crippen molar-refractivity contribution in [2.24, 2.45) is 0 Å². The lowest BCUT2D eigenvalue weighted by Gasteiger charge is -2.11. The van der Waals surface area contributed by atoms with E-state index in [9.17, 15) is 4.79 Å². The lowest BCUT2D eigenvalue weighted by Crippen LogP contribution is -2.11. The number of hydrogen-bond donors (Lipinski definition) is 1. The number of benzene rings is 2. The van der Waals surface area contributed by atoms with Gasteiger partial charge in [-0.3, -0.25) is 4.79 Å². The maximum absolute atomic E-state index is 12.5.